The SMILES string of the molecule is CC(C)(C)OC(=O)N1CCN2C(=O)c3ccc(NCCCCCCSc4ccnc5cc(C(F)(F)F)ccc45)cc3CC2C1. The van der Waals surface area contributed by atoms with E-state index in [0.29, 0.717) is 31.6 Å². The molecule has 0 aliphatic carbocycles. The zero-order valence-electron chi connectivity index (χ0n) is 25.4. The van der Waals surface area contributed by atoms with E-state index in [1.165, 1.54) is 6.07 Å². The first kappa shape index (κ1) is 31.9. The Kier molecular flexibility index (Phi) is 9.62. The van der Waals surface area contributed by atoms with Crippen LogP contribution in [0.2, 0.25) is 0 Å². The van der Waals surface area contributed by atoms with Gasteiger partial charge < -0.3 is 19.9 Å². The Morgan fingerprint density at radius 1 is 1.05 bits per heavy atom. The van der Waals surface area contributed by atoms with Crippen LogP contribution in [0.25, 0.3) is 10.9 Å². The van der Waals surface area contributed by atoms with Crippen molar-refractivity contribution < 1.29 is 27.5 Å². The van der Waals surface area contributed by atoms with E-state index in [1.54, 1.807) is 22.9 Å². The monoisotopic (exact) mass is 628 g/mol. The Labute approximate surface area is 260 Å². The van der Waals surface area contributed by atoms with Crippen LogP contribution < -0.4 is 5.32 Å². The third-order valence-electron chi connectivity index (χ3n) is 7.87. The van der Waals surface area contributed by atoms with Crippen molar-refractivity contribution in [3.63, 3.8) is 0 Å². The second-order valence-electron chi connectivity index (χ2n) is 12.4. The molecular weight excluding hydrogens is 589 g/mol. The number of ether oxygens (including phenoxy) is 1. The van der Waals surface area contributed by atoms with Crippen LogP contribution in [0.3, 0.4) is 0 Å². The summed E-state index contributed by atoms with van der Waals surface area (Å²) in [5, 5.41) is 4.23. The lowest BCUT2D eigenvalue weighted by atomic mass is 9.91. The van der Waals surface area contributed by atoms with Gasteiger partial charge in [-0.15, -0.1) is 11.8 Å². The molecule has 44 heavy (non-hydrogen) atoms. The molecule has 5 rings (SSSR count). The Bertz CT molecular complexity index is 1510. The van der Waals surface area contributed by atoms with Crippen LogP contribution >= 0.6 is 11.8 Å². The van der Waals surface area contributed by atoms with E-state index in [-0.39, 0.29) is 18.0 Å². The standard InChI is InChI=1S/C33H39F3N4O3S/c1-32(2,3)43-31(42)39-15-16-40-25(21-39)19-22-18-24(9-11-26(22)30(40)41)37-13-6-4-5-7-17-44-29-12-14-38-28-20-23(33(34,35)36)8-10-27(28)29/h8-12,14,18,20,25,37H,4-7,13,15-17,19,21H2,1-3H3. The third-order valence-corrected chi connectivity index (χ3v) is 9.03. The highest BCUT2D eigenvalue weighted by molar-refractivity contribution is 7.99. The molecule has 2 aliphatic rings. The van der Waals surface area contributed by atoms with Crippen LogP contribution in [0.1, 0.15) is 67.9 Å². The number of thioether (sulfide) groups is 1. The van der Waals surface area contributed by atoms with E-state index in [1.807, 2.05) is 43.9 Å². The van der Waals surface area contributed by atoms with Crippen molar-refractivity contribution in [3.05, 3.63) is 65.4 Å². The van der Waals surface area contributed by atoms with Gasteiger partial charge in [0.1, 0.15) is 5.60 Å². The molecule has 0 saturated carbocycles. The summed E-state index contributed by atoms with van der Waals surface area (Å²) in [6.45, 7) is 7.81. The maximum absolute atomic E-state index is 13.2. The molecule has 1 N–H and O–H groups in total. The summed E-state index contributed by atoms with van der Waals surface area (Å²) in [5.41, 5.74) is 1.84. The molecule has 0 spiro atoms. The van der Waals surface area contributed by atoms with Gasteiger partial charge in [0.15, 0.2) is 0 Å². The zero-order chi connectivity index (χ0) is 31.5. The van der Waals surface area contributed by atoms with Gasteiger partial charge in [-0.3, -0.25) is 9.78 Å². The van der Waals surface area contributed by atoms with Crippen molar-refractivity contribution in [2.45, 2.75) is 75.6 Å². The molecular formula is C33H39F3N4O3S. The maximum Gasteiger partial charge on any atom is 0.416 e. The lowest BCUT2D eigenvalue weighted by Gasteiger charge is -2.44. The quantitative estimate of drug-likeness (QED) is 0.194. The number of hydrogen-bond acceptors (Lipinski definition) is 6. The summed E-state index contributed by atoms with van der Waals surface area (Å²) in [6.07, 6.45) is 1.67. The van der Waals surface area contributed by atoms with Crippen LogP contribution in [0, 0.1) is 0 Å². The second-order valence-corrected chi connectivity index (χ2v) is 13.5. The topological polar surface area (TPSA) is 74.8 Å². The zero-order valence-corrected chi connectivity index (χ0v) is 26.2. The molecule has 0 bridgehead atoms. The third kappa shape index (κ3) is 7.78. The summed E-state index contributed by atoms with van der Waals surface area (Å²) in [4.78, 5) is 34.5. The molecule has 2 amide bonds. The van der Waals surface area contributed by atoms with Gasteiger partial charge in [-0.25, -0.2) is 4.79 Å². The summed E-state index contributed by atoms with van der Waals surface area (Å²) in [5.74, 6) is 0.908. The number of hydrogen-bond donors (Lipinski definition) is 1. The Morgan fingerprint density at radius 2 is 1.84 bits per heavy atom. The van der Waals surface area contributed by atoms with Crippen molar-refractivity contribution in [2.24, 2.45) is 0 Å². The summed E-state index contributed by atoms with van der Waals surface area (Å²) >= 11 is 1.65. The van der Waals surface area contributed by atoms with Crippen LogP contribution in [-0.2, 0) is 17.3 Å². The van der Waals surface area contributed by atoms with E-state index >= 15 is 0 Å². The number of rotatable bonds is 9. The van der Waals surface area contributed by atoms with Gasteiger partial charge in [0.25, 0.3) is 5.91 Å². The number of unbranched alkanes of at least 4 members (excludes halogenated alkanes) is 3. The molecule has 0 radical (unpaired) electrons. The molecule has 3 heterocycles. The van der Waals surface area contributed by atoms with Gasteiger partial charge >= 0.3 is 12.3 Å². The Hall–Kier alpha value is -3.47. The minimum absolute atomic E-state index is 0.0235. The van der Waals surface area contributed by atoms with E-state index < -0.39 is 17.3 Å². The smallest absolute Gasteiger partial charge is 0.416 e. The number of aromatic nitrogens is 1. The molecule has 7 nitrogen and oxygen atoms in total. The van der Waals surface area contributed by atoms with E-state index in [0.717, 1.165) is 77.2 Å². The fourth-order valence-electron chi connectivity index (χ4n) is 5.70. The number of piperazine rings is 1. The number of alkyl halides is 3. The number of nitrogens with zero attached hydrogens (tertiary/aromatic N) is 3. The van der Waals surface area contributed by atoms with E-state index in [9.17, 15) is 22.8 Å². The van der Waals surface area contributed by atoms with E-state index in [4.69, 9.17) is 4.74 Å². The fourth-order valence-corrected chi connectivity index (χ4v) is 6.75. The van der Waals surface area contributed by atoms with Crippen LogP contribution in [0.5, 0.6) is 0 Å². The summed E-state index contributed by atoms with van der Waals surface area (Å²) in [6, 6.07) is 11.5. The molecule has 2 aliphatic heterocycles. The van der Waals surface area contributed by atoms with Gasteiger partial charge in [-0.05, 0) is 87.7 Å². The van der Waals surface area contributed by atoms with Crippen LogP contribution in [0.15, 0.2) is 53.6 Å². The van der Waals surface area contributed by atoms with Gasteiger partial charge in [0, 0.05) is 53.9 Å². The first-order valence-electron chi connectivity index (χ1n) is 15.1. The molecule has 1 atom stereocenters. The predicted octanol–water partition coefficient (Wildman–Crippen LogP) is 7.64. The largest absolute Gasteiger partial charge is 0.444 e. The minimum atomic E-state index is -4.38. The second kappa shape index (κ2) is 13.3. The number of nitrogens with one attached hydrogen (secondary N) is 1. The number of carbonyl (C=O) groups is 2. The first-order valence-corrected chi connectivity index (χ1v) is 16.1. The van der Waals surface area contributed by atoms with Crippen LogP contribution in [0.4, 0.5) is 23.7 Å². The molecule has 1 aromatic heterocycles. The minimum Gasteiger partial charge on any atom is -0.444 e. The first-order chi connectivity index (χ1) is 20.9. The van der Waals surface area contributed by atoms with Crippen molar-refractivity contribution >= 4 is 40.4 Å². The van der Waals surface area contributed by atoms with Crippen molar-refractivity contribution in [1.29, 1.82) is 0 Å². The Morgan fingerprint density at radius 3 is 2.61 bits per heavy atom. The lowest BCUT2D eigenvalue weighted by Crippen LogP contribution is -2.59. The van der Waals surface area contributed by atoms with Gasteiger partial charge in [0.2, 0.25) is 0 Å². The summed E-state index contributed by atoms with van der Waals surface area (Å²) < 4.78 is 44.6. The molecule has 11 heteroatoms. The molecule has 1 unspecified atom stereocenters. The number of carbonyl (C=O) groups excluding carboxylic acids is 2. The normalized spacial score (nSPS) is 17.0. The summed E-state index contributed by atoms with van der Waals surface area (Å²) in [7, 11) is 0. The molecule has 1 saturated heterocycles. The number of benzene rings is 2. The number of amides is 2. The molecule has 3 aromatic rings. The highest BCUT2D eigenvalue weighted by Crippen LogP contribution is 2.34. The fraction of sp³-hybridized carbons (Fsp3) is 0.485. The predicted molar refractivity (Wildman–Crippen MR) is 167 cm³/mol. The van der Waals surface area contributed by atoms with Crippen molar-refractivity contribution in [3.8, 4) is 0 Å². The van der Waals surface area contributed by atoms with Gasteiger partial charge in [-0.1, -0.05) is 18.9 Å². The molecule has 236 valence electrons. The van der Waals surface area contributed by atoms with Gasteiger partial charge in [-0.2, -0.15) is 13.2 Å². The lowest BCUT2D eigenvalue weighted by molar-refractivity contribution is -0.137. The van der Waals surface area contributed by atoms with Crippen LogP contribution in [-0.4, -0.2) is 70.4 Å². The van der Waals surface area contributed by atoms with E-state index in [2.05, 4.69) is 16.4 Å². The average Bonchev–Trinajstić information content (AvgIpc) is 2.96. The van der Waals surface area contributed by atoms with Crippen molar-refractivity contribution in [2.75, 3.05) is 37.2 Å². The average molecular weight is 629 g/mol. The Balaban J connectivity index is 1.05. The number of fused-ring (bicyclic) bond motifs is 3. The number of halogens is 3. The molecule has 1 fully saturated rings. The number of anilines is 1. The van der Waals surface area contributed by atoms with Crippen molar-refractivity contribution in [1.82, 2.24) is 14.8 Å². The van der Waals surface area contributed by atoms with Gasteiger partial charge in [0.05, 0.1) is 17.1 Å². The highest BCUT2D eigenvalue weighted by atomic mass is 32.2. The number of pyridine rings is 1. The molecule has 2 aromatic carbocycles. The maximum atomic E-state index is 13.2. The highest BCUT2D eigenvalue weighted by Gasteiger charge is 2.38.